The van der Waals surface area contributed by atoms with Crippen molar-refractivity contribution in [3.63, 3.8) is 0 Å². The zero-order valence-corrected chi connectivity index (χ0v) is 18.6. The van der Waals surface area contributed by atoms with Crippen molar-refractivity contribution >= 4 is 15.9 Å². The maximum Gasteiger partial charge on any atom is 0.262 e. The molecule has 0 atom stereocenters. The fraction of sp³-hybridized carbons (Fsp3) is 0.500. The topological polar surface area (TPSA) is 94.0 Å². The largest absolute Gasteiger partial charge is 0.493 e. The Morgan fingerprint density at radius 2 is 1.83 bits per heavy atom. The predicted octanol–water partition coefficient (Wildman–Crippen LogP) is 1.21. The number of nitrogens with zero attached hydrogens (tertiary/aromatic N) is 4. The van der Waals surface area contributed by atoms with Gasteiger partial charge in [0.25, 0.3) is 10.0 Å². The van der Waals surface area contributed by atoms with Crippen LogP contribution in [0, 0.1) is 6.92 Å². The third kappa shape index (κ3) is 4.59. The lowest BCUT2D eigenvalue weighted by atomic mass is 10.1. The Morgan fingerprint density at radius 1 is 1.10 bits per heavy atom. The van der Waals surface area contributed by atoms with E-state index in [1.807, 2.05) is 6.07 Å². The summed E-state index contributed by atoms with van der Waals surface area (Å²) in [5, 5.41) is 0.0487. The van der Waals surface area contributed by atoms with E-state index in [4.69, 9.17) is 9.47 Å². The van der Waals surface area contributed by atoms with E-state index in [0.29, 0.717) is 43.4 Å². The minimum Gasteiger partial charge on any atom is -0.493 e. The third-order valence-electron chi connectivity index (χ3n) is 5.30. The van der Waals surface area contributed by atoms with Gasteiger partial charge in [0.15, 0.2) is 16.5 Å². The SMILES string of the molecule is COc1ccc(CC(=O)N2CCCN(S(=O)(=O)c3cn(C)c(C)n3)CC2)cc1OC. The number of rotatable bonds is 6. The standard InChI is InChI=1S/C20H28N4O5S/c1-15-21-19(14-22(15)2)30(26,27)24-9-5-8-23(10-11-24)20(25)13-16-6-7-17(28-3)18(12-16)29-4/h6-7,12,14H,5,8-11,13H2,1-4H3. The van der Waals surface area contributed by atoms with Crippen LogP contribution in [0.3, 0.4) is 0 Å². The molecule has 1 fully saturated rings. The Kier molecular flexibility index (Phi) is 6.67. The zero-order chi connectivity index (χ0) is 21.9. The summed E-state index contributed by atoms with van der Waals surface area (Å²) in [5.74, 6) is 1.76. The van der Waals surface area contributed by atoms with Crippen LogP contribution in [0.25, 0.3) is 0 Å². The van der Waals surface area contributed by atoms with Gasteiger partial charge in [-0.3, -0.25) is 4.79 Å². The van der Waals surface area contributed by atoms with Crippen molar-refractivity contribution in [1.29, 1.82) is 0 Å². The molecule has 2 heterocycles. The summed E-state index contributed by atoms with van der Waals surface area (Å²) in [6.45, 7) is 3.22. The molecule has 0 N–H and O–H groups in total. The lowest BCUT2D eigenvalue weighted by Crippen LogP contribution is -2.38. The molecule has 0 bridgehead atoms. The molecule has 2 aromatic rings. The van der Waals surface area contributed by atoms with Gasteiger partial charge in [-0.2, -0.15) is 4.31 Å². The molecule has 0 spiro atoms. The number of sulfonamides is 1. The molecule has 164 valence electrons. The molecular weight excluding hydrogens is 408 g/mol. The van der Waals surface area contributed by atoms with E-state index < -0.39 is 10.0 Å². The van der Waals surface area contributed by atoms with Crippen LogP contribution in [0.5, 0.6) is 11.5 Å². The number of aryl methyl sites for hydroxylation is 2. The average molecular weight is 437 g/mol. The Labute approximate surface area is 177 Å². The lowest BCUT2D eigenvalue weighted by Gasteiger charge is -2.21. The first-order chi connectivity index (χ1) is 14.3. The Hall–Kier alpha value is -2.59. The van der Waals surface area contributed by atoms with Crippen molar-refractivity contribution < 1.29 is 22.7 Å². The van der Waals surface area contributed by atoms with Crippen molar-refractivity contribution in [2.75, 3.05) is 40.4 Å². The molecule has 1 saturated heterocycles. The molecular formula is C20H28N4O5S. The minimum atomic E-state index is -3.68. The molecule has 1 aromatic heterocycles. The number of amides is 1. The molecule has 0 unspecified atom stereocenters. The van der Waals surface area contributed by atoms with E-state index in [2.05, 4.69) is 4.98 Å². The minimum absolute atomic E-state index is 0.0462. The quantitative estimate of drug-likeness (QED) is 0.676. The van der Waals surface area contributed by atoms with Gasteiger partial charge in [-0.25, -0.2) is 13.4 Å². The van der Waals surface area contributed by atoms with Gasteiger partial charge in [0.2, 0.25) is 5.91 Å². The zero-order valence-electron chi connectivity index (χ0n) is 17.8. The number of ether oxygens (including phenoxy) is 2. The van der Waals surface area contributed by atoms with E-state index in [0.717, 1.165) is 5.56 Å². The highest BCUT2D eigenvalue weighted by atomic mass is 32.2. The molecule has 1 aromatic carbocycles. The van der Waals surface area contributed by atoms with Gasteiger partial charge in [-0.15, -0.1) is 0 Å². The van der Waals surface area contributed by atoms with Gasteiger partial charge < -0.3 is 18.9 Å². The fourth-order valence-corrected chi connectivity index (χ4v) is 4.94. The second kappa shape index (κ2) is 9.05. The van der Waals surface area contributed by atoms with Crippen molar-refractivity contribution in [3.8, 4) is 11.5 Å². The molecule has 1 aliphatic rings. The number of hydrogen-bond acceptors (Lipinski definition) is 6. The first kappa shape index (κ1) is 22.1. The van der Waals surface area contributed by atoms with Gasteiger partial charge in [0, 0.05) is 39.4 Å². The first-order valence-electron chi connectivity index (χ1n) is 9.75. The van der Waals surface area contributed by atoms with Gasteiger partial charge in [0.1, 0.15) is 5.82 Å². The molecule has 30 heavy (non-hydrogen) atoms. The van der Waals surface area contributed by atoms with E-state index in [1.54, 1.807) is 49.8 Å². The van der Waals surface area contributed by atoms with Crippen molar-refractivity contribution in [3.05, 3.63) is 35.8 Å². The van der Waals surface area contributed by atoms with Crippen molar-refractivity contribution in [1.82, 2.24) is 18.8 Å². The molecule has 3 rings (SSSR count). The third-order valence-corrected chi connectivity index (χ3v) is 7.07. The van der Waals surface area contributed by atoms with Crippen molar-refractivity contribution in [2.24, 2.45) is 7.05 Å². The lowest BCUT2D eigenvalue weighted by molar-refractivity contribution is -0.130. The van der Waals surface area contributed by atoms with Crippen molar-refractivity contribution in [2.45, 2.75) is 24.8 Å². The molecule has 1 amide bonds. The molecule has 10 heteroatoms. The van der Waals surface area contributed by atoms with E-state index in [-0.39, 0.29) is 23.9 Å². The highest BCUT2D eigenvalue weighted by Crippen LogP contribution is 2.28. The Bertz CT molecular complexity index is 999. The number of benzene rings is 1. The second-order valence-corrected chi connectivity index (χ2v) is 9.13. The van der Waals surface area contributed by atoms with Crippen LogP contribution in [-0.2, 0) is 28.3 Å². The van der Waals surface area contributed by atoms with E-state index in [1.165, 1.54) is 10.5 Å². The highest BCUT2D eigenvalue weighted by molar-refractivity contribution is 7.89. The summed E-state index contributed by atoms with van der Waals surface area (Å²) < 4.78 is 39.5. The molecule has 9 nitrogen and oxygen atoms in total. The van der Waals surface area contributed by atoms with Gasteiger partial charge in [-0.05, 0) is 31.0 Å². The molecule has 0 aliphatic carbocycles. The summed E-state index contributed by atoms with van der Waals surface area (Å²) in [5.41, 5.74) is 0.815. The van der Waals surface area contributed by atoms with Crippen LogP contribution in [-0.4, -0.2) is 73.5 Å². The van der Waals surface area contributed by atoms with Crippen LogP contribution in [0.1, 0.15) is 17.8 Å². The Morgan fingerprint density at radius 3 is 2.47 bits per heavy atom. The average Bonchev–Trinajstić information content (AvgIpc) is 2.93. The predicted molar refractivity (Wildman–Crippen MR) is 111 cm³/mol. The summed E-state index contributed by atoms with van der Waals surface area (Å²) in [6.07, 6.45) is 2.31. The maximum absolute atomic E-state index is 12.9. The highest BCUT2D eigenvalue weighted by Gasteiger charge is 2.30. The first-order valence-corrected chi connectivity index (χ1v) is 11.2. The van der Waals surface area contributed by atoms with Crippen LogP contribution in [0.4, 0.5) is 0 Å². The number of methoxy groups -OCH3 is 2. The van der Waals surface area contributed by atoms with Crippen LogP contribution < -0.4 is 9.47 Å². The summed E-state index contributed by atoms with van der Waals surface area (Å²) in [7, 11) is 1.20. The molecule has 0 saturated carbocycles. The second-order valence-electron chi connectivity index (χ2n) is 7.24. The summed E-state index contributed by atoms with van der Waals surface area (Å²) in [6, 6.07) is 5.39. The van der Waals surface area contributed by atoms with E-state index in [9.17, 15) is 13.2 Å². The summed E-state index contributed by atoms with van der Waals surface area (Å²) in [4.78, 5) is 18.7. The number of carbonyl (C=O) groups is 1. The van der Waals surface area contributed by atoms with Gasteiger partial charge in [0.05, 0.1) is 20.6 Å². The van der Waals surface area contributed by atoms with Gasteiger partial charge in [-0.1, -0.05) is 6.07 Å². The van der Waals surface area contributed by atoms with Crippen LogP contribution in [0.2, 0.25) is 0 Å². The van der Waals surface area contributed by atoms with Crippen LogP contribution in [0.15, 0.2) is 29.4 Å². The number of carbonyl (C=O) groups excluding carboxylic acids is 1. The maximum atomic E-state index is 12.9. The summed E-state index contributed by atoms with van der Waals surface area (Å²) >= 11 is 0. The number of hydrogen-bond donors (Lipinski definition) is 0. The van der Waals surface area contributed by atoms with E-state index >= 15 is 0 Å². The molecule has 0 radical (unpaired) electrons. The Balaban J connectivity index is 1.67. The molecule has 1 aliphatic heterocycles. The monoisotopic (exact) mass is 436 g/mol. The number of imidazole rings is 1. The van der Waals surface area contributed by atoms with Gasteiger partial charge >= 0.3 is 0 Å². The fourth-order valence-electron chi connectivity index (χ4n) is 3.44. The van der Waals surface area contributed by atoms with Crippen LogP contribution >= 0.6 is 0 Å². The smallest absolute Gasteiger partial charge is 0.262 e. The normalized spacial score (nSPS) is 15.7. The number of aromatic nitrogens is 2.